The molecular formula is C19H22FNO2. The van der Waals surface area contributed by atoms with E-state index < -0.39 is 16.8 Å². The summed E-state index contributed by atoms with van der Waals surface area (Å²) in [6.45, 7) is 5.02. The van der Waals surface area contributed by atoms with E-state index in [0.717, 1.165) is 0 Å². The van der Waals surface area contributed by atoms with Crippen LogP contribution in [0.2, 0.25) is 0 Å². The summed E-state index contributed by atoms with van der Waals surface area (Å²) in [5.74, 6) is -0.749. The van der Waals surface area contributed by atoms with E-state index in [1.54, 1.807) is 51.1 Å². The lowest BCUT2D eigenvalue weighted by molar-refractivity contribution is -0.127. The molecule has 0 aliphatic carbocycles. The van der Waals surface area contributed by atoms with Crippen LogP contribution < -0.4 is 5.32 Å². The van der Waals surface area contributed by atoms with E-state index in [-0.39, 0.29) is 12.5 Å². The van der Waals surface area contributed by atoms with Crippen LogP contribution in [-0.2, 0) is 15.8 Å². The molecule has 2 N–H and O–H groups in total. The van der Waals surface area contributed by atoms with E-state index in [1.165, 1.54) is 6.07 Å². The van der Waals surface area contributed by atoms with Crippen molar-refractivity contribution in [3.8, 4) is 0 Å². The summed E-state index contributed by atoms with van der Waals surface area (Å²) in [6, 6.07) is 15.3. The van der Waals surface area contributed by atoms with Crippen LogP contribution in [-0.4, -0.2) is 17.6 Å². The Morgan fingerprint density at radius 3 is 2.22 bits per heavy atom. The molecule has 0 aliphatic heterocycles. The van der Waals surface area contributed by atoms with Gasteiger partial charge in [-0.1, -0.05) is 48.5 Å². The second-order valence-electron chi connectivity index (χ2n) is 6.43. The molecule has 23 heavy (non-hydrogen) atoms. The van der Waals surface area contributed by atoms with Crippen LogP contribution in [0.5, 0.6) is 0 Å². The molecule has 2 rings (SSSR count). The lowest BCUT2D eigenvalue weighted by Gasteiger charge is -2.29. The SMILES string of the molecule is CC(O)(CNC(=O)C(C)(C)c1ccccc1F)c1ccccc1. The molecule has 1 atom stereocenters. The Morgan fingerprint density at radius 2 is 1.61 bits per heavy atom. The number of aliphatic hydroxyl groups is 1. The zero-order chi connectivity index (χ0) is 17.1. The normalized spacial score (nSPS) is 14.1. The van der Waals surface area contributed by atoms with Gasteiger partial charge in [0.2, 0.25) is 5.91 Å². The molecule has 1 amide bonds. The maximum absolute atomic E-state index is 14.0. The van der Waals surface area contributed by atoms with Crippen LogP contribution in [0, 0.1) is 5.82 Å². The molecule has 0 radical (unpaired) electrons. The van der Waals surface area contributed by atoms with Gasteiger partial charge >= 0.3 is 0 Å². The topological polar surface area (TPSA) is 49.3 Å². The fraction of sp³-hybridized carbons (Fsp3) is 0.316. The molecule has 0 bridgehead atoms. The highest BCUT2D eigenvalue weighted by Gasteiger charge is 2.34. The first-order chi connectivity index (χ1) is 10.7. The smallest absolute Gasteiger partial charge is 0.230 e. The molecule has 0 saturated carbocycles. The maximum Gasteiger partial charge on any atom is 0.230 e. The molecule has 122 valence electrons. The molecular weight excluding hydrogens is 293 g/mol. The lowest BCUT2D eigenvalue weighted by atomic mass is 9.83. The molecule has 0 spiro atoms. The zero-order valence-corrected chi connectivity index (χ0v) is 13.6. The second kappa shape index (κ2) is 6.50. The van der Waals surface area contributed by atoms with Gasteiger partial charge in [-0.3, -0.25) is 4.79 Å². The number of nitrogens with one attached hydrogen (secondary N) is 1. The van der Waals surface area contributed by atoms with Crippen molar-refractivity contribution in [1.82, 2.24) is 5.32 Å². The Balaban J connectivity index is 2.11. The molecule has 2 aromatic rings. The van der Waals surface area contributed by atoms with Crippen LogP contribution in [0.15, 0.2) is 54.6 Å². The number of rotatable bonds is 5. The Labute approximate surface area is 136 Å². The van der Waals surface area contributed by atoms with Gasteiger partial charge in [-0.25, -0.2) is 4.39 Å². The van der Waals surface area contributed by atoms with Gasteiger partial charge in [0.05, 0.1) is 12.0 Å². The lowest BCUT2D eigenvalue weighted by Crippen LogP contribution is -2.46. The van der Waals surface area contributed by atoms with Gasteiger partial charge in [-0.15, -0.1) is 0 Å². The first-order valence-corrected chi connectivity index (χ1v) is 7.56. The molecule has 0 fully saturated rings. The van der Waals surface area contributed by atoms with Crippen LogP contribution in [0.3, 0.4) is 0 Å². The Hall–Kier alpha value is -2.20. The summed E-state index contributed by atoms with van der Waals surface area (Å²) in [5, 5.41) is 13.3. The fourth-order valence-electron chi connectivity index (χ4n) is 2.46. The van der Waals surface area contributed by atoms with E-state index in [0.29, 0.717) is 11.1 Å². The maximum atomic E-state index is 14.0. The van der Waals surface area contributed by atoms with Gasteiger partial charge in [0.1, 0.15) is 11.4 Å². The monoisotopic (exact) mass is 315 g/mol. The standard InChI is InChI=1S/C19H22FNO2/c1-18(2,15-11-7-8-12-16(15)20)17(22)21-13-19(3,23)14-9-5-4-6-10-14/h4-12,23H,13H2,1-3H3,(H,21,22). The van der Waals surface area contributed by atoms with Gasteiger partial charge in [-0.2, -0.15) is 0 Å². The van der Waals surface area contributed by atoms with E-state index in [4.69, 9.17) is 0 Å². The zero-order valence-electron chi connectivity index (χ0n) is 13.6. The first-order valence-electron chi connectivity index (χ1n) is 7.56. The molecule has 3 nitrogen and oxygen atoms in total. The molecule has 0 aliphatic rings. The quantitative estimate of drug-likeness (QED) is 0.890. The number of hydrogen-bond acceptors (Lipinski definition) is 2. The Kier molecular flexibility index (Phi) is 4.85. The third-order valence-corrected chi connectivity index (χ3v) is 4.10. The van der Waals surface area contributed by atoms with Gasteiger partial charge in [0.25, 0.3) is 0 Å². The van der Waals surface area contributed by atoms with Crippen molar-refractivity contribution in [3.05, 3.63) is 71.5 Å². The predicted octanol–water partition coefficient (Wildman–Crippen LogP) is 3.13. The van der Waals surface area contributed by atoms with Gasteiger partial charge in [-0.05, 0) is 32.4 Å². The van der Waals surface area contributed by atoms with Crippen molar-refractivity contribution in [1.29, 1.82) is 0 Å². The molecule has 0 heterocycles. The number of hydrogen-bond donors (Lipinski definition) is 2. The van der Waals surface area contributed by atoms with Crippen molar-refractivity contribution < 1.29 is 14.3 Å². The van der Waals surface area contributed by atoms with E-state index in [9.17, 15) is 14.3 Å². The minimum atomic E-state index is -1.19. The minimum Gasteiger partial charge on any atom is -0.384 e. The summed E-state index contributed by atoms with van der Waals surface area (Å²) in [4.78, 5) is 12.5. The fourth-order valence-corrected chi connectivity index (χ4v) is 2.46. The number of carbonyl (C=O) groups is 1. The van der Waals surface area contributed by atoms with Crippen molar-refractivity contribution >= 4 is 5.91 Å². The van der Waals surface area contributed by atoms with Crippen molar-refractivity contribution in [2.75, 3.05) is 6.54 Å². The summed E-state index contributed by atoms with van der Waals surface area (Å²) in [6.07, 6.45) is 0. The molecule has 0 aromatic heterocycles. The van der Waals surface area contributed by atoms with E-state index in [2.05, 4.69) is 5.32 Å². The first kappa shape index (κ1) is 17.2. The van der Waals surface area contributed by atoms with Crippen molar-refractivity contribution in [2.45, 2.75) is 31.8 Å². The summed E-state index contributed by atoms with van der Waals surface area (Å²) in [7, 11) is 0. The molecule has 0 saturated heterocycles. The average Bonchev–Trinajstić information content (AvgIpc) is 2.53. The van der Waals surface area contributed by atoms with Crippen molar-refractivity contribution in [2.24, 2.45) is 0 Å². The number of amides is 1. The number of carbonyl (C=O) groups excluding carboxylic acids is 1. The summed E-state index contributed by atoms with van der Waals surface area (Å²) >= 11 is 0. The van der Waals surface area contributed by atoms with Crippen LogP contribution in [0.1, 0.15) is 31.9 Å². The Morgan fingerprint density at radius 1 is 1.04 bits per heavy atom. The van der Waals surface area contributed by atoms with E-state index >= 15 is 0 Å². The Bertz CT molecular complexity index is 681. The summed E-state index contributed by atoms with van der Waals surface area (Å²) in [5.41, 5.74) is -1.18. The number of halogens is 1. The van der Waals surface area contributed by atoms with Crippen molar-refractivity contribution in [3.63, 3.8) is 0 Å². The van der Waals surface area contributed by atoms with Gasteiger partial charge in [0.15, 0.2) is 0 Å². The highest BCUT2D eigenvalue weighted by molar-refractivity contribution is 5.87. The highest BCUT2D eigenvalue weighted by atomic mass is 19.1. The third kappa shape index (κ3) is 3.77. The average molecular weight is 315 g/mol. The predicted molar refractivity (Wildman–Crippen MR) is 88.4 cm³/mol. The van der Waals surface area contributed by atoms with E-state index in [1.807, 2.05) is 18.2 Å². The largest absolute Gasteiger partial charge is 0.384 e. The van der Waals surface area contributed by atoms with Crippen LogP contribution >= 0.6 is 0 Å². The van der Waals surface area contributed by atoms with Gasteiger partial charge in [0, 0.05) is 5.56 Å². The second-order valence-corrected chi connectivity index (χ2v) is 6.43. The molecule has 1 unspecified atom stereocenters. The number of benzene rings is 2. The minimum absolute atomic E-state index is 0.0493. The van der Waals surface area contributed by atoms with Crippen LogP contribution in [0.25, 0.3) is 0 Å². The summed E-state index contributed by atoms with van der Waals surface area (Å²) < 4.78 is 14.0. The molecule has 2 aromatic carbocycles. The van der Waals surface area contributed by atoms with Crippen LogP contribution in [0.4, 0.5) is 4.39 Å². The van der Waals surface area contributed by atoms with Gasteiger partial charge < -0.3 is 10.4 Å². The highest BCUT2D eigenvalue weighted by Crippen LogP contribution is 2.26. The molecule has 4 heteroatoms. The third-order valence-electron chi connectivity index (χ3n) is 4.10.